The van der Waals surface area contributed by atoms with Crippen molar-refractivity contribution in [1.29, 1.82) is 5.26 Å². The van der Waals surface area contributed by atoms with Gasteiger partial charge in [0.05, 0.1) is 16.6 Å². The molecule has 3 aromatic carbocycles. The molecule has 5 nitrogen and oxygen atoms in total. The number of rotatable bonds is 2. The van der Waals surface area contributed by atoms with Crippen LogP contribution in [-0.2, 0) is 0 Å². The van der Waals surface area contributed by atoms with Crippen LogP contribution in [0.15, 0.2) is 74.7 Å². The van der Waals surface area contributed by atoms with Gasteiger partial charge in [-0.25, -0.2) is 18.1 Å². The lowest BCUT2D eigenvalue weighted by molar-refractivity contribution is 0.503. The van der Waals surface area contributed by atoms with Crippen molar-refractivity contribution in [2.45, 2.75) is 0 Å². The summed E-state index contributed by atoms with van der Waals surface area (Å²) in [6.07, 6.45) is 0. The molecule has 0 aliphatic carbocycles. The van der Waals surface area contributed by atoms with Gasteiger partial charge in [-0.15, -0.1) is 0 Å². The Hall–Kier alpha value is -4.05. The third kappa shape index (κ3) is 2.77. The number of fused-ring (bicyclic) bond motifs is 1. The van der Waals surface area contributed by atoms with Gasteiger partial charge in [0.2, 0.25) is 0 Å². The van der Waals surface area contributed by atoms with Crippen LogP contribution in [0, 0.1) is 23.0 Å². The van der Waals surface area contributed by atoms with Gasteiger partial charge >= 0.3 is 5.76 Å². The summed E-state index contributed by atoms with van der Waals surface area (Å²) in [5.41, 5.74) is -0.0692. The lowest BCUT2D eigenvalue weighted by Gasteiger charge is -2.08. The first-order valence-corrected chi connectivity index (χ1v) is 8.14. The second kappa shape index (κ2) is 6.59. The lowest BCUT2D eigenvalue weighted by atomic mass is 10.0. The fourth-order valence-electron chi connectivity index (χ4n) is 2.99. The van der Waals surface area contributed by atoms with E-state index < -0.39 is 22.9 Å². The molecule has 4 rings (SSSR count). The molecule has 0 aliphatic heterocycles. The summed E-state index contributed by atoms with van der Waals surface area (Å²) in [5.74, 6) is -2.45. The van der Waals surface area contributed by atoms with Crippen LogP contribution in [0.1, 0.15) is 5.56 Å². The predicted octanol–water partition coefficient (Wildman–Crippen LogP) is 3.76. The van der Waals surface area contributed by atoms with Gasteiger partial charge in [0.15, 0.2) is 0 Å². The second-order valence-corrected chi connectivity index (χ2v) is 5.97. The van der Waals surface area contributed by atoms with Gasteiger partial charge in [0.1, 0.15) is 23.3 Å². The molecular formula is C21H10F2N2O3. The number of aromatic nitrogens is 1. The highest BCUT2D eigenvalue weighted by atomic mass is 19.1. The lowest BCUT2D eigenvalue weighted by Crippen LogP contribution is -2.31. The van der Waals surface area contributed by atoms with Gasteiger partial charge in [-0.3, -0.25) is 4.79 Å². The molecule has 0 unspecified atom stereocenters. The Kier molecular flexibility index (Phi) is 4.09. The van der Waals surface area contributed by atoms with Crippen molar-refractivity contribution in [3.8, 4) is 22.9 Å². The molecule has 0 saturated carbocycles. The Balaban J connectivity index is 2.01. The first-order chi connectivity index (χ1) is 13.5. The number of hydrogen-bond donors (Lipinski definition) is 0. The van der Waals surface area contributed by atoms with Crippen LogP contribution < -0.4 is 11.3 Å². The Bertz CT molecular complexity index is 1400. The summed E-state index contributed by atoms with van der Waals surface area (Å²) in [5, 5.41) is 9.27. The summed E-state index contributed by atoms with van der Waals surface area (Å²) in [6, 6.07) is 15.3. The summed E-state index contributed by atoms with van der Waals surface area (Å²) >= 11 is 0. The van der Waals surface area contributed by atoms with Gasteiger partial charge in [-0.2, -0.15) is 5.26 Å². The SMILES string of the molecule is N#Cc1ccccc1-n1c(=O)oc2ccc(-c3ccc(F)cc3F)cc2c1=O. The fraction of sp³-hybridized carbons (Fsp3) is 0. The standard InChI is InChI=1S/C21H10F2N2O3/c22-14-6-7-15(17(23)10-14)12-5-8-19-16(9-12)20(26)25(21(27)28-19)18-4-2-1-3-13(18)11-24/h1-10H. The third-order valence-corrected chi connectivity index (χ3v) is 4.30. The van der Waals surface area contributed by atoms with Gasteiger partial charge in [0.25, 0.3) is 5.56 Å². The van der Waals surface area contributed by atoms with Crippen molar-refractivity contribution < 1.29 is 13.2 Å². The zero-order valence-electron chi connectivity index (χ0n) is 14.1. The minimum atomic E-state index is -0.944. The molecule has 0 spiro atoms. The van der Waals surface area contributed by atoms with Crippen LogP contribution in [0.3, 0.4) is 0 Å². The molecule has 0 atom stereocenters. The molecule has 0 radical (unpaired) electrons. The summed E-state index contributed by atoms with van der Waals surface area (Å²) in [7, 11) is 0. The van der Waals surface area contributed by atoms with E-state index in [0.717, 1.165) is 16.7 Å². The molecule has 1 aromatic heterocycles. The molecule has 28 heavy (non-hydrogen) atoms. The molecular weight excluding hydrogens is 366 g/mol. The number of benzene rings is 3. The van der Waals surface area contributed by atoms with Crippen molar-refractivity contribution in [2.75, 3.05) is 0 Å². The van der Waals surface area contributed by atoms with E-state index >= 15 is 0 Å². The number of halogens is 2. The Labute approximate surface area is 156 Å². The number of nitriles is 1. The second-order valence-electron chi connectivity index (χ2n) is 5.97. The van der Waals surface area contributed by atoms with Crippen molar-refractivity contribution in [3.05, 3.63) is 98.8 Å². The number of hydrogen-bond acceptors (Lipinski definition) is 4. The van der Waals surface area contributed by atoms with Crippen LogP contribution in [0.2, 0.25) is 0 Å². The fourth-order valence-corrected chi connectivity index (χ4v) is 2.99. The molecule has 0 N–H and O–H groups in total. The van der Waals surface area contributed by atoms with E-state index in [0.29, 0.717) is 5.56 Å². The zero-order valence-corrected chi connectivity index (χ0v) is 14.1. The van der Waals surface area contributed by atoms with Gasteiger partial charge < -0.3 is 4.42 Å². The van der Waals surface area contributed by atoms with Crippen molar-refractivity contribution in [1.82, 2.24) is 4.57 Å². The maximum atomic E-state index is 14.1. The van der Waals surface area contributed by atoms with Gasteiger partial charge in [-0.1, -0.05) is 18.2 Å². The van der Waals surface area contributed by atoms with Crippen molar-refractivity contribution >= 4 is 11.0 Å². The quantitative estimate of drug-likeness (QED) is 0.534. The smallest absolute Gasteiger partial charge is 0.409 e. The van der Waals surface area contributed by atoms with E-state index in [9.17, 15) is 23.6 Å². The summed E-state index contributed by atoms with van der Waals surface area (Å²) < 4.78 is 33.2. The average Bonchev–Trinajstić information content (AvgIpc) is 2.68. The van der Waals surface area contributed by atoms with E-state index in [4.69, 9.17) is 4.42 Å². The topological polar surface area (TPSA) is 76.0 Å². The number of nitrogens with zero attached hydrogens (tertiary/aromatic N) is 2. The molecule has 4 aromatic rings. The van der Waals surface area contributed by atoms with Crippen molar-refractivity contribution in [2.24, 2.45) is 0 Å². The minimum Gasteiger partial charge on any atom is -0.409 e. The molecule has 0 aliphatic rings. The first kappa shape index (κ1) is 17.4. The summed E-state index contributed by atoms with van der Waals surface area (Å²) in [6.45, 7) is 0. The first-order valence-electron chi connectivity index (χ1n) is 8.14. The average molecular weight is 376 g/mol. The molecule has 0 fully saturated rings. The van der Waals surface area contributed by atoms with Crippen LogP contribution in [0.5, 0.6) is 0 Å². The largest absolute Gasteiger partial charge is 0.427 e. The van der Waals surface area contributed by atoms with Gasteiger partial charge in [-0.05, 0) is 42.0 Å². The molecule has 136 valence electrons. The molecule has 7 heteroatoms. The Morgan fingerprint density at radius 1 is 0.964 bits per heavy atom. The van der Waals surface area contributed by atoms with Crippen LogP contribution >= 0.6 is 0 Å². The van der Waals surface area contributed by atoms with Gasteiger partial charge in [0, 0.05) is 11.6 Å². The van der Waals surface area contributed by atoms with E-state index in [1.54, 1.807) is 12.1 Å². The highest BCUT2D eigenvalue weighted by Gasteiger charge is 2.16. The highest BCUT2D eigenvalue weighted by molar-refractivity contribution is 5.82. The molecule has 0 bridgehead atoms. The molecule has 1 heterocycles. The zero-order chi connectivity index (χ0) is 19.8. The maximum Gasteiger partial charge on any atom is 0.427 e. The third-order valence-electron chi connectivity index (χ3n) is 4.30. The van der Waals surface area contributed by atoms with E-state index in [1.807, 2.05) is 6.07 Å². The highest BCUT2D eigenvalue weighted by Crippen LogP contribution is 2.26. The maximum absolute atomic E-state index is 14.1. The predicted molar refractivity (Wildman–Crippen MR) is 98.1 cm³/mol. The minimum absolute atomic E-state index is 0.0203. The van der Waals surface area contributed by atoms with E-state index in [1.165, 1.54) is 36.4 Å². The van der Waals surface area contributed by atoms with E-state index in [2.05, 4.69) is 0 Å². The monoisotopic (exact) mass is 376 g/mol. The van der Waals surface area contributed by atoms with Crippen molar-refractivity contribution in [3.63, 3.8) is 0 Å². The Morgan fingerprint density at radius 2 is 1.75 bits per heavy atom. The number of para-hydroxylation sites is 1. The van der Waals surface area contributed by atoms with Crippen LogP contribution in [0.4, 0.5) is 8.78 Å². The Morgan fingerprint density at radius 3 is 2.50 bits per heavy atom. The van der Waals surface area contributed by atoms with E-state index in [-0.39, 0.29) is 27.8 Å². The van der Waals surface area contributed by atoms with Crippen LogP contribution in [-0.4, -0.2) is 4.57 Å². The van der Waals surface area contributed by atoms with Crippen LogP contribution in [0.25, 0.3) is 27.8 Å². The molecule has 0 amide bonds. The summed E-state index contributed by atoms with van der Waals surface area (Å²) in [4.78, 5) is 25.3. The molecule has 0 saturated heterocycles. The normalized spacial score (nSPS) is 10.8.